The summed E-state index contributed by atoms with van der Waals surface area (Å²) >= 11 is 0. The van der Waals surface area contributed by atoms with Crippen LogP contribution in [0.5, 0.6) is 0 Å². The molecule has 2 aliphatic rings. The van der Waals surface area contributed by atoms with Crippen molar-refractivity contribution in [3.63, 3.8) is 0 Å². The minimum absolute atomic E-state index is 0.587. The third-order valence-electron chi connectivity index (χ3n) is 1.99. The van der Waals surface area contributed by atoms with E-state index in [1.165, 1.54) is 0 Å². The molecule has 0 unspecified atom stereocenters. The van der Waals surface area contributed by atoms with Crippen molar-refractivity contribution in [2.45, 2.75) is 19.1 Å². The van der Waals surface area contributed by atoms with Crippen LogP contribution in [0.15, 0.2) is 11.8 Å². The third-order valence-corrected chi connectivity index (χ3v) is 1.99. The maximum absolute atomic E-state index is 5.41. The Morgan fingerprint density at radius 1 is 1.27 bits per heavy atom. The van der Waals surface area contributed by atoms with Crippen LogP contribution in [0.1, 0.15) is 13.3 Å². The van der Waals surface area contributed by atoms with Crippen molar-refractivity contribution in [1.82, 2.24) is 0 Å². The Morgan fingerprint density at radius 2 is 2.00 bits per heavy atom. The molecule has 0 bridgehead atoms. The zero-order valence-electron chi connectivity index (χ0n) is 6.63. The fourth-order valence-electron chi connectivity index (χ4n) is 1.39. The summed E-state index contributed by atoms with van der Waals surface area (Å²) in [6.07, 6.45) is 3.00. The molecule has 0 spiro atoms. The van der Waals surface area contributed by atoms with Crippen LogP contribution in [-0.4, -0.2) is 25.6 Å². The zero-order chi connectivity index (χ0) is 7.73. The normalized spacial score (nSPS) is 28.3. The summed E-state index contributed by atoms with van der Waals surface area (Å²) in [6.45, 7) is 3.99. The van der Waals surface area contributed by atoms with E-state index >= 15 is 0 Å². The van der Waals surface area contributed by atoms with E-state index in [4.69, 9.17) is 14.2 Å². The van der Waals surface area contributed by atoms with Gasteiger partial charge in [0, 0.05) is 6.42 Å². The Hall–Kier alpha value is -0.540. The van der Waals surface area contributed by atoms with Crippen molar-refractivity contribution < 1.29 is 14.2 Å². The van der Waals surface area contributed by atoms with Gasteiger partial charge in [0.1, 0.15) is 0 Å². The second-order valence-electron chi connectivity index (χ2n) is 2.85. The van der Waals surface area contributed by atoms with E-state index in [0.29, 0.717) is 13.2 Å². The molecule has 0 amide bonds. The molecule has 0 aromatic heterocycles. The van der Waals surface area contributed by atoms with Gasteiger partial charge in [-0.15, -0.1) is 0 Å². The highest BCUT2D eigenvalue weighted by Crippen LogP contribution is 2.30. The maximum Gasteiger partial charge on any atom is 0.224 e. The SMILES string of the molecule is CC1(C2=CCCO2)OCCO1. The fourth-order valence-corrected chi connectivity index (χ4v) is 1.39. The van der Waals surface area contributed by atoms with Crippen molar-refractivity contribution in [3.05, 3.63) is 11.8 Å². The van der Waals surface area contributed by atoms with Gasteiger partial charge >= 0.3 is 0 Å². The predicted octanol–water partition coefficient (Wildman–Crippen LogP) is 1.05. The van der Waals surface area contributed by atoms with Gasteiger partial charge in [0.25, 0.3) is 0 Å². The summed E-state index contributed by atoms with van der Waals surface area (Å²) in [5.41, 5.74) is 0. The summed E-state index contributed by atoms with van der Waals surface area (Å²) in [6, 6.07) is 0. The van der Waals surface area contributed by atoms with Gasteiger partial charge in [0.05, 0.1) is 19.8 Å². The number of rotatable bonds is 1. The molecule has 3 nitrogen and oxygen atoms in total. The van der Waals surface area contributed by atoms with Crippen molar-refractivity contribution >= 4 is 0 Å². The average Bonchev–Trinajstić information content (AvgIpc) is 2.55. The van der Waals surface area contributed by atoms with E-state index in [-0.39, 0.29) is 0 Å². The standard InChI is InChI=1S/C8H12O3/c1-8(10-5-6-11-8)7-3-2-4-9-7/h3H,2,4-6H2,1H3. The molecule has 62 valence electrons. The van der Waals surface area contributed by atoms with Gasteiger partial charge in [0.15, 0.2) is 5.76 Å². The lowest BCUT2D eigenvalue weighted by Crippen LogP contribution is -2.28. The van der Waals surface area contributed by atoms with Gasteiger partial charge in [-0.1, -0.05) is 0 Å². The highest BCUT2D eigenvalue weighted by molar-refractivity contribution is 5.09. The Bertz CT molecular complexity index is 180. The van der Waals surface area contributed by atoms with Gasteiger partial charge in [-0.25, -0.2) is 0 Å². The predicted molar refractivity (Wildman–Crippen MR) is 39.0 cm³/mol. The largest absolute Gasteiger partial charge is 0.492 e. The second-order valence-corrected chi connectivity index (χ2v) is 2.85. The maximum atomic E-state index is 5.41. The van der Waals surface area contributed by atoms with Gasteiger partial charge < -0.3 is 14.2 Å². The lowest BCUT2D eigenvalue weighted by molar-refractivity contribution is -0.138. The summed E-state index contributed by atoms with van der Waals surface area (Å²) in [4.78, 5) is 0. The van der Waals surface area contributed by atoms with Crippen LogP contribution in [0, 0.1) is 0 Å². The molecular formula is C8H12O3. The first-order valence-corrected chi connectivity index (χ1v) is 3.93. The fraction of sp³-hybridized carbons (Fsp3) is 0.750. The van der Waals surface area contributed by atoms with E-state index in [1.54, 1.807) is 0 Å². The van der Waals surface area contributed by atoms with E-state index in [9.17, 15) is 0 Å². The molecule has 1 saturated heterocycles. The first-order valence-electron chi connectivity index (χ1n) is 3.93. The van der Waals surface area contributed by atoms with Crippen LogP contribution in [0.25, 0.3) is 0 Å². The van der Waals surface area contributed by atoms with E-state index < -0.39 is 5.79 Å². The smallest absolute Gasteiger partial charge is 0.224 e. The molecule has 0 saturated carbocycles. The van der Waals surface area contributed by atoms with Crippen molar-refractivity contribution in [2.24, 2.45) is 0 Å². The Kier molecular flexibility index (Phi) is 1.62. The molecular weight excluding hydrogens is 144 g/mol. The second kappa shape index (κ2) is 2.50. The Morgan fingerprint density at radius 3 is 2.55 bits per heavy atom. The van der Waals surface area contributed by atoms with Gasteiger partial charge in [-0.05, 0) is 13.0 Å². The van der Waals surface area contributed by atoms with E-state index in [2.05, 4.69) is 0 Å². The lowest BCUT2D eigenvalue weighted by Gasteiger charge is -2.22. The molecule has 0 aliphatic carbocycles. The van der Waals surface area contributed by atoms with Gasteiger partial charge in [-0.3, -0.25) is 0 Å². The number of hydrogen-bond acceptors (Lipinski definition) is 3. The summed E-state index contributed by atoms with van der Waals surface area (Å²) in [5, 5.41) is 0. The Balaban J connectivity index is 2.12. The van der Waals surface area contributed by atoms with Crippen molar-refractivity contribution in [1.29, 1.82) is 0 Å². The molecule has 2 heterocycles. The van der Waals surface area contributed by atoms with Gasteiger partial charge in [-0.2, -0.15) is 0 Å². The molecule has 0 N–H and O–H groups in total. The third kappa shape index (κ3) is 1.14. The minimum Gasteiger partial charge on any atom is -0.492 e. The van der Waals surface area contributed by atoms with E-state index in [0.717, 1.165) is 18.8 Å². The molecule has 0 aromatic carbocycles. The van der Waals surface area contributed by atoms with Crippen LogP contribution < -0.4 is 0 Å². The van der Waals surface area contributed by atoms with Crippen molar-refractivity contribution in [3.8, 4) is 0 Å². The first-order chi connectivity index (χ1) is 5.31. The lowest BCUT2D eigenvalue weighted by atomic mass is 10.2. The number of hydrogen-bond donors (Lipinski definition) is 0. The molecule has 0 radical (unpaired) electrons. The number of ether oxygens (including phenoxy) is 3. The van der Waals surface area contributed by atoms with Crippen LogP contribution >= 0.6 is 0 Å². The van der Waals surface area contributed by atoms with Gasteiger partial charge in [0.2, 0.25) is 5.79 Å². The summed E-state index contributed by atoms with van der Waals surface area (Å²) in [7, 11) is 0. The summed E-state index contributed by atoms with van der Waals surface area (Å²) in [5.74, 6) is 0.256. The molecule has 11 heavy (non-hydrogen) atoms. The highest BCUT2D eigenvalue weighted by Gasteiger charge is 2.38. The molecule has 2 aliphatic heterocycles. The van der Waals surface area contributed by atoms with Crippen molar-refractivity contribution in [2.75, 3.05) is 19.8 Å². The van der Waals surface area contributed by atoms with Crippen LogP contribution in [0.3, 0.4) is 0 Å². The topological polar surface area (TPSA) is 27.7 Å². The molecule has 2 rings (SSSR count). The monoisotopic (exact) mass is 156 g/mol. The summed E-state index contributed by atoms with van der Waals surface area (Å²) < 4.78 is 16.2. The average molecular weight is 156 g/mol. The Labute approximate surface area is 65.9 Å². The molecule has 0 aromatic rings. The van der Waals surface area contributed by atoms with Crippen LogP contribution in [-0.2, 0) is 14.2 Å². The van der Waals surface area contributed by atoms with Crippen LogP contribution in [0.4, 0.5) is 0 Å². The highest BCUT2D eigenvalue weighted by atomic mass is 16.8. The first kappa shape index (κ1) is 7.13. The van der Waals surface area contributed by atoms with Crippen LogP contribution in [0.2, 0.25) is 0 Å². The minimum atomic E-state index is -0.587. The zero-order valence-corrected chi connectivity index (χ0v) is 6.63. The molecule has 1 fully saturated rings. The molecule has 0 atom stereocenters. The quantitative estimate of drug-likeness (QED) is 0.568. The molecule has 3 heteroatoms. The van der Waals surface area contributed by atoms with E-state index in [1.807, 2.05) is 13.0 Å².